The van der Waals surface area contributed by atoms with Crippen molar-refractivity contribution in [2.75, 3.05) is 0 Å². The number of allylic oxidation sites excluding steroid dienone is 1. The summed E-state index contributed by atoms with van der Waals surface area (Å²) in [5.41, 5.74) is 1.26. The number of aryl methyl sites for hydroxylation is 1. The van der Waals surface area contributed by atoms with Crippen LogP contribution in [0.4, 0.5) is 0 Å². The van der Waals surface area contributed by atoms with E-state index in [-0.39, 0.29) is 0 Å². The fraction of sp³-hybridized carbons (Fsp3) is 0.333. The summed E-state index contributed by atoms with van der Waals surface area (Å²) >= 11 is 0. The number of aliphatic hydroxyl groups is 1. The summed E-state index contributed by atoms with van der Waals surface area (Å²) in [4.78, 5) is 0. The van der Waals surface area contributed by atoms with E-state index >= 15 is 0 Å². The minimum Gasteiger partial charge on any atom is -0.381 e. The van der Waals surface area contributed by atoms with E-state index in [4.69, 9.17) is 0 Å². The maximum atomic E-state index is 10.0. The number of benzene rings is 1. The second kappa shape index (κ2) is 3.75. The van der Waals surface area contributed by atoms with Gasteiger partial charge in [0.05, 0.1) is 0 Å². The normalized spacial score (nSPS) is 16.0. The first-order chi connectivity index (χ1) is 6.06. The standard InChI is InChI=1S/C12H16O/c1-4-8-12(3,13)11-7-5-6-10(2)9-11/h4-9,13H,1-3H3/b8-4+. The fourth-order valence-electron chi connectivity index (χ4n) is 1.38. The first-order valence-corrected chi connectivity index (χ1v) is 4.49. The first-order valence-electron chi connectivity index (χ1n) is 4.49. The number of hydrogen-bond acceptors (Lipinski definition) is 1. The van der Waals surface area contributed by atoms with Gasteiger partial charge in [-0.05, 0) is 26.3 Å². The Balaban J connectivity index is 3.07. The van der Waals surface area contributed by atoms with E-state index in [9.17, 15) is 5.11 Å². The van der Waals surface area contributed by atoms with Crippen LogP contribution in [-0.4, -0.2) is 5.11 Å². The van der Waals surface area contributed by atoms with Gasteiger partial charge in [0.15, 0.2) is 0 Å². The molecular weight excluding hydrogens is 160 g/mol. The summed E-state index contributed by atoms with van der Waals surface area (Å²) in [6.45, 7) is 5.72. The Hall–Kier alpha value is -1.08. The topological polar surface area (TPSA) is 20.2 Å². The second-order valence-electron chi connectivity index (χ2n) is 3.52. The van der Waals surface area contributed by atoms with Gasteiger partial charge in [0.1, 0.15) is 5.60 Å². The third kappa shape index (κ3) is 2.43. The molecule has 0 bridgehead atoms. The van der Waals surface area contributed by atoms with Gasteiger partial charge in [0.25, 0.3) is 0 Å². The van der Waals surface area contributed by atoms with Crippen molar-refractivity contribution < 1.29 is 5.11 Å². The quantitative estimate of drug-likeness (QED) is 0.687. The van der Waals surface area contributed by atoms with E-state index in [1.54, 1.807) is 13.0 Å². The summed E-state index contributed by atoms with van der Waals surface area (Å²) in [6.07, 6.45) is 3.66. The van der Waals surface area contributed by atoms with E-state index in [1.807, 2.05) is 44.2 Å². The molecule has 0 amide bonds. The van der Waals surface area contributed by atoms with Crippen LogP contribution >= 0.6 is 0 Å². The lowest BCUT2D eigenvalue weighted by Crippen LogP contribution is -2.17. The van der Waals surface area contributed by atoms with Gasteiger partial charge in [0.2, 0.25) is 0 Å². The monoisotopic (exact) mass is 176 g/mol. The van der Waals surface area contributed by atoms with Crippen molar-refractivity contribution in [3.63, 3.8) is 0 Å². The van der Waals surface area contributed by atoms with Gasteiger partial charge >= 0.3 is 0 Å². The van der Waals surface area contributed by atoms with Crippen LogP contribution in [0, 0.1) is 6.92 Å². The molecule has 1 unspecified atom stereocenters. The van der Waals surface area contributed by atoms with Gasteiger partial charge in [-0.15, -0.1) is 0 Å². The molecule has 0 heterocycles. The van der Waals surface area contributed by atoms with Gasteiger partial charge in [-0.3, -0.25) is 0 Å². The molecule has 1 aromatic carbocycles. The molecule has 0 aromatic heterocycles. The molecule has 1 nitrogen and oxygen atoms in total. The molecule has 1 aromatic rings. The minimum absolute atomic E-state index is 0.846. The summed E-state index contributed by atoms with van der Waals surface area (Å²) in [5, 5.41) is 10.0. The maximum absolute atomic E-state index is 10.0. The predicted octanol–water partition coefficient (Wildman–Crippen LogP) is 2.78. The number of rotatable bonds is 2. The Kier molecular flexibility index (Phi) is 2.89. The predicted molar refractivity (Wildman–Crippen MR) is 55.6 cm³/mol. The molecule has 0 aliphatic carbocycles. The largest absolute Gasteiger partial charge is 0.381 e. The van der Waals surface area contributed by atoms with Crippen LogP contribution in [0.15, 0.2) is 36.4 Å². The zero-order valence-corrected chi connectivity index (χ0v) is 8.41. The maximum Gasteiger partial charge on any atom is 0.105 e. The van der Waals surface area contributed by atoms with Gasteiger partial charge in [0, 0.05) is 0 Å². The molecule has 1 N–H and O–H groups in total. The Bertz CT molecular complexity index is 311. The molecule has 0 fully saturated rings. The molecular formula is C12H16O. The van der Waals surface area contributed by atoms with Gasteiger partial charge in [-0.25, -0.2) is 0 Å². The van der Waals surface area contributed by atoms with Crippen LogP contribution in [0.1, 0.15) is 25.0 Å². The van der Waals surface area contributed by atoms with Crippen LogP contribution in [0.2, 0.25) is 0 Å². The Labute approximate surface area is 79.7 Å². The van der Waals surface area contributed by atoms with Gasteiger partial charge in [-0.1, -0.05) is 42.0 Å². The summed E-state index contributed by atoms with van der Waals surface area (Å²) in [5.74, 6) is 0. The van der Waals surface area contributed by atoms with Crippen molar-refractivity contribution in [2.45, 2.75) is 26.4 Å². The summed E-state index contributed by atoms with van der Waals surface area (Å²) in [6, 6.07) is 7.92. The number of hydrogen-bond donors (Lipinski definition) is 1. The Morgan fingerprint density at radius 3 is 2.62 bits per heavy atom. The molecule has 0 saturated heterocycles. The van der Waals surface area contributed by atoms with E-state index in [0.29, 0.717) is 0 Å². The third-order valence-electron chi connectivity index (χ3n) is 2.09. The highest BCUT2D eigenvalue weighted by Gasteiger charge is 2.18. The van der Waals surface area contributed by atoms with Gasteiger partial charge in [-0.2, -0.15) is 0 Å². The molecule has 0 saturated carbocycles. The molecule has 0 aliphatic heterocycles. The molecule has 1 heteroatoms. The minimum atomic E-state index is -0.846. The van der Waals surface area contributed by atoms with Crippen molar-refractivity contribution >= 4 is 0 Å². The van der Waals surface area contributed by atoms with Gasteiger partial charge < -0.3 is 5.11 Å². The lowest BCUT2D eigenvalue weighted by Gasteiger charge is -2.19. The molecule has 1 atom stereocenters. The lowest BCUT2D eigenvalue weighted by atomic mass is 9.94. The van der Waals surface area contributed by atoms with E-state index in [2.05, 4.69) is 0 Å². The fourth-order valence-corrected chi connectivity index (χ4v) is 1.38. The highest BCUT2D eigenvalue weighted by atomic mass is 16.3. The molecule has 13 heavy (non-hydrogen) atoms. The molecule has 0 aliphatic rings. The summed E-state index contributed by atoms with van der Waals surface area (Å²) in [7, 11) is 0. The average Bonchev–Trinajstić information content (AvgIpc) is 2.04. The van der Waals surface area contributed by atoms with E-state index < -0.39 is 5.60 Å². The second-order valence-corrected chi connectivity index (χ2v) is 3.52. The average molecular weight is 176 g/mol. The van der Waals surface area contributed by atoms with Crippen molar-refractivity contribution in [2.24, 2.45) is 0 Å². The molecule has 70 valence electrons. The molecule has 0 spiro atoms. The first kappa shape index (κ1) is 10.0. The van der Waals surface area contributed by atoms with Crippen LogP contribution in [0.5, 0.6) is 0 Å². The smallest absolute Gasteiger partial charge is 0.105 e. The third-order valence-corrected chi connectivity index (χ3v) is 2.09. The SMILES string of the molecule is C/C=C/C(C)(O)c1cccc(C)c1. The van der Waals surface area contributed by atoms with Crippen LogP contribution in [0.3, 0.4) is 0 Å². The van der Waals surface area contributed by atoms with Crippen molar-refractivity contribution in [1.82, 2.24) is 0 Å². The van der Waals surface area contributed by atoms with E-state index in [0.717, 1.165) is 5.56 Å². The van der Waals surface area contributed by atoms with Crippen molar-refractivity contribution in [3.8, 4) is 0 Å². The Morgan fingerprint density at radius 2 is 2.08 bits per heavy atom. The molecule has 1 rings (SSSR count). The summed E-state index contributed by atoms with van der Waals surface area (Å²) < 4.78 is 0. The van der Waals surface area contributed by atoms with Crippen LogP contribution in [0.25, 0.3) is 0 Å². The highest BCUT2D eigenvalue weighted by Crippen LogP contribution is 2.22. The zero-order chi connectivity index (χ0) is 9.90. The molecule has 0 radical (unpaired) electrons. The Morgan fingerprint density at radius 1 is 1.38 bits per heavy atom. The van der Waals surface area contributed by atoms with Crippen molar-refractivity contribution in [3.05, 3.63) is 47.5 Å². The van der Waals surface area contributed by atoms with E-state index in [1.165, 1.54) is 5.56 Å². The van der Waals surface area contributed by atoms with Crippen LogP contribution < -0.4 is 0 Å². The lowest BCUT2D eigenvalue weighted by molar-refractivity contribution is 0.111. The van der Waals surface area contributed by atoms with Crippen LogP contribution in [-0.2, 0) is 5.60 Å². The highest BCUT2D eigenvalue weighted by molar-refractivity contribution is 5.30. The van der Waals surface area contributed by atoms with Crippen molar-refractivity contribution in [1.29, 1.82) is 0 Å². The zero-order valence-electron chi connectivity index (χ0n) is 8.41.